The van der Waals surface area contributed by atoms with E-state index in [1.807, 2.05) is 0 Å². The van der Waals surface area contributed by atoms with Crippen molar-refractivity contribution in [1.29, 1.82) is 0 Å². The Kier molecular flexibility index (Phi) is 4.40. The molecule has 136 valence electrons. The molecule has 0 spiro atoms. The van der Waals surface area contributed by atoms with Crippen LogP contribution in [0.1, 0.15) is 5.56 Å². The largest absolute Gasteiger partial charge is 0.480 e. The molecule has 1 aromatic carbocycles. The van der Waals surface area contributed by atoms with Gasteiger partial charge in [-0.25, -0.2) is 13.6 Å². The molecule has 11 heteroatoms. The minimum atomic E-state index is -1.54. The highest BCUT2D eigenvalue weighted by atomic mass is 32.2. The van der Waals surface area contributed by atoms with Crippen molar-refractivity contribution in [3.05, 3.63) is 56.2 Å². The van der Waals surface area contributed by atoms with Gasteiger partial charge in [-0.05, 0) is 17.7 Å². The molecule has 26 heavy (non-hydrogen) atoms. The van der Waals surface area contributed by atoms with Crippen molar-refractivity contribution in [2.75, 3.05) is 5.32 Å². The summed E-state index contributed by atoms with van der Waals surface area (Å²) in [5.41, 5.74) is -1.46. The number of halogens is 2. The third kappa shape index (κ3) is 2.90. The fraction of sp³-hybridized carbons (Fsp3) is 0.200. The summed E-state index contributed by atoms with van der Waals surface area (Å²) in [5, 5.41) is 9.78. The highest BCUT2D eigenvalue weighted by Gasteiger charge is 2.36. The lowest BCUT2D eigenvalue weighted by atomic mass is 10.2. The van der Waals surface area contributed by atoms with Crippen molar-refractivity contribution in [1.82, 2.24) is 9.13 Å². The molecule has 1 aliphatic rings. The number of rotatable bonds is 3. The van der Waals surface area contributed by atoms with E-state index in [2.05, 4.69) is 5.32 Å². The third-order valence-electron chi connectivity index (χ3n) is 3.77. The van der Waals surface area contributed by atoms with Crippen LogP contribution in [-0.2, 0) is 23.2 Å². The molecule has 8 nitrogen and oxygen atoms in total. The molecular formula is C15H11F2N3O5S. The second kappa shape index (κ2) is 6.41. The second-order valence-electron chi connectivity index (χ2n) is 5.48. The van der Waals surface area contributed by atoms with Gasteiger partial charge < -0.3 is 10.4 Å². The molecule has 0 saturated carbocycles. The summed E-state index contributed by atoms with van der Waals surface area (Å²) in [4.78, 5) is 47.9. The summed E-state index contributed by atoms with van der Waals surface area (Å²) in [7, 11) is 1.30. The average molecular weight is 383 g/mol. The van der Waals surface area contributed by atoms with E-state index in [1.165, 1.54) is 13.1 Å². The van der Waals surface area contributed by atoms with E-state index in [0.717, 1.165) is 21.3 Å². The Labute approximate surface area is 148 Å². The van der Waals surface area contributed by atoms with E-state index < -0.39 is 40.0 Å². The molecule has 1 amide bonds. The highest BCUT2D eigenvalue weighted by molar-refractivity contribution is 8.01. The van der Waals surface area contributed by atoms with Gasteiger partial charge >= 0.3 is 11.7 Å². The molecule has 2 N–H and O–H groups in total. The summed E-state index contributed by atoms with van der Waals surface area (Å²) < 4.78 is 28.1. The van der Waals surface area contributed by atoms with E-state index in [4.69, 9.17) is 5.11 Å². The molecule has 2 heterocycles. The van der Waals surface area contributed by atoms with Gasteiger partial charge in [-0.15, -0.1) is 0 Å². The quantitative estimate of drug-likeness (QED) is 0.741. The van der Waals surface area contributed by atoms with Crippen LogP contribution < -0.4 is 16.6 Å². The number of benzene rings is 1. The Morgan fingerprint density at radius 1 is 1.27 bits per heavy atom. The number of hydrogen-bond acceptors (Lipinski definition) is 5. The molecule has 0 bridgehead atoms. The first kappa shape index (κ1) is 17.9. The van der Waals surface area contributed by atoms with Crippen LogP contribution in [0.3, 0.4) is 0 Å². The Bertz CT molecular complexity index is 1060. The molecule has 1 aromatic heterocycles. The normalized spacial score (nSPS) is 16.1. The number of nitrogens with one attached hydrogen (secondary N) is 1. The summed E-state index contributed by atoms with van der Waals surface area (Å²) in [5.74, 6) is -4.59. The number of amides is 1. The minimum absolute atomic E-state index is 0.103. The summed E-state index contributed by atoms with van der Waals surface area (Å²) >= 11 is 0.514. The summed E-state index contributed by atoms with van der Waals surface area (Å²) in [6.07, 6.45) is 0. The minimum Gasteiger partial charge on any atom is -0.480 e. The van der Waals surface area contributed by atoms with Crippen LogP contribution in [-0.4, -0.2) is 31.4 Å². The molecule has 1 unspecified atom stereocenters. The SMILES string of the molecule is Cn1c2c(c(=O)n(Cc3ccc(F)c(F)c3)c1=O)SC(C(=O)O)C(=O)N2. The maximum absolute atomic E-state index is 13.4. The second-order valence-corrected chi connectivity index (χ2v) is 6.60. The molecular weight excluding hydrogens is 372 g/mol. The fourth-order valence-corrected chi connectivity index (χ4v) is 3.48. The lowest BCUT2D eigenvalue weighted by Gasteiger charge is -2.23. The van der Waals surface area contributed by atoms with Gasteiger partial charge in [-0.2, -0.15) is 0 Å². The van der Waals surface area contributed by atoms with Gasteiger partial charge in [-0.1, -0.05) is 17.8 Å². The first-order valence-electron chi connectivity index (χ1n) is 7.18. The van der Waals surface area contributed by atoms with Crippen LogP contribution in [0.25, 0.3) is 0 Å². The van der Waals surface area contributed by atoms with Gasteiger partial charge in [0.1, 0.15) is 10.7 Å². The number of carbonyl (C=O) groups is 2. The number of fused-ring (bicyclic) bond motifs is 1. The first-order chi connectivity index (χ1) is 12.2. The van der Waals surface area contributed by atoms with Crippen LogP contribution >= 0.6 is 11.8 Å². The molecule has 3 rings (SSSR count). The Morgan fingerprint density at radius 3 is 2.58 bits per heavy atom. The lowest BCUT2D eigenvalue weighted by Crippen LogP contribution is -2.46. The Balaban J connectivity index is 2.12. The van der Waals surface area contributed by atoms with Crippen molar-refractivity contribution in [3.8, 4) is 0 Å². The molecule has 1 aliphatic heterocycles. The number of thioether (sulfide) groups is 1. The van der Waals surface area contributed by atoms with E-state index in [0.29, 0.717) is 11.8 Å². The monoisotopic (exact) mass is 383 g/mol. The van der Waals surface area contributed by atoms with Crippen molar-refractivity contribution in [2.24, 2.45) is 7.05 Å². The number of aliphatic carboxylic acids is 1. The van der Waals surface area contributed by atoms with Crippen molar-refractivity contribution < 1.29 is 23.5 Å². The van der Waals surface area contributed by atoms with Gasteiger partial charge in [0.15, 0.2) is 16.9 Å². The van der Waals surface area contributed by atoms with Gasteiger partial charge in [0.05, 0.1) is 6.54 Å². The number of anilines is 1. The molecule has 1 atom stereocenters. The van der Waals surface area contributed by atoms with Gasteiger partial charge in [0.2, 0.25) is 5.91 Å². The molecule has 0 saturated heterocycles. The zero-order valence-electron chi connectivity index (χ0n) is 13.2. The Hall–Kier alpha value is -2.95. The summed E-state index contributed by atoms with van der Waals surface area (Å²) in [6.45, 7) is -0.345. The van der Waals surface area contributed by atoms with Crippen molar-refractivity contribution in [3.63, 3.8) is 0 Å². The number of nitrogens with zero attached hydrogens (tertiary/aromatic N) is 2. The van der Waals surface area contributed by atoms with Crippen LogP contribution in [0.2, 0.25) is 0 Å². The van der Waals surface area contributed by atoms with Crippen molar-refractivity contribution >= 4 is 29.5 Å². The average Bonchev–Trinajstić information content (AvgIpc) is 2.59. The van der Waals surface area contributed by atoms with Crippen LogP contribution in [0, 0.1) is 11.6 Å². The lowest BCUT2D eigenvalue weighted by molar-refractivity contribution is -0.138. The van der Waals surface area contributed by atoms with E-state index >= 15 is 0 Å². The zero-order chi connectivity index (χ0) is 19.2. The van der Waals surface area contributed by atoms with Crippen molar-refractivity contribution in [2.45, 2.75) is 16.7 Å². The highest BCUT2D eigenvalue weighted by Crippen LogP contribution is 2.32. The maximum Gasteiger partial charge on any atom is 0.332 e. The zero-order valence-corrected chi connectivity index (χ0v) is 14.0. The predicted octanol–water partition coefficient (Wildman–Crippen LogP) is 0.371. The van der Waals surface area contributed by atoms with Gasteiger partial charge in [0.25, 0.3) is 5.56 Å². The summed E-state index contributed by atoms with van der Waals surface area (Å²) in [6, 6.07) is 2.95. The molecule has 2 aromatic rings. The number of carboxylic acid groups (broad SMARTS) is 1. The number of carbonyl (C=O) groups excluding carboxylic acids is 1. The molecule has 0 fully saturated rings. The van der Waals surface area contributed by atoms with E-state index in [9.17, 15) is 28.0 Å². The van der Waals surface area contributed by atoms with Crippen LogP contribution in [0.5, 0.6) is 0 Å². The first-order valence-corrected chi connectivity index (χ1v) is 8.06. The van der Waals surface area contributed by atoms with E-state index in [-0.39, 0.29) is 22.8 Å². The maximum atomic E-state index is 13.4. The molecule has 0 radical (unpaired) electrons. The standard InChI is InChI=1S/C15H11F2N3O5S/c1-19-11-9(26-10(14(23)24)12(21)18-11)13(22)20(15(19)25)5-6-2-3-7(16)8(17)4-6/h2-4,10H,5H2,1H3,(H,18,21)(H,23,24). The number of carboxylic acids is 1. The van der Waals surface area contributed by atoms with Gasteiger partial charge in [0, 0.05) is 7.05 Å². The smallest absolute Gasteiger partial charge is 0.332 e. The number of hydrogen-bond donors (Lipinski definition) is 2. The molecule has 0 aliphatic carbocycles. The number of aromatic nitrogens is 2. The fourth-order valence-electron chi connectivity index (χ4n) is 2.46. The predicted molar refractivity (Wildman–Crippen MR) is 87.3 cm³/mol. The topological polar surface area (TPSA) is 110 Å². The van der Waals surface area contributed by atoms with E-state index in [1.54, 1.807) is 0 Å². The van der Waals surface area contributed by atoms with Crippen LogP contribution in [0.4, 0.5) is 14.6 Å². The van der Waals surface area contributed by atoms with Crippen LogP contribution in [0.15, 0.2) is 32.7 Å². The Morgan fingerprint density at radius 2 is 1.96 bits per heavy atom. The van der Waals surface area contributed by atoms with Gasteiger partial charge in [-0.3, -0.25) is 23.5 Å². The third-order valence-corrected chi connectivity index (χ3v) is 5.03.